The second kappa shape index (κ2) is 6.92. The van der Waals surface area contributed by atoms with Gasteiger partial charge in [-0.1, -0.05) is 26.0 Å². The Kier molecular flexibility index (Phi) is 5.83. The maximum Gasteiger partial charge on any atom is 0.122 e. The summed E-state index contributed by atoms with van der Waals surface area (Å²) >= 11 is 0. The molecule has 1 unspecified atom stereocenters. The van der Waals surface area contributed by atoms with E-state index in [0.29, 0.717) is 12.5 Å². The first-order valence-electron chi connectivity index (χ1n) is 6.99. The number of aliphatic hydroxyl groups excluding tert-OH is 1. The van der Waals surface area contributed by atoms with Gasteiger partial charge in [0.2, 0.25) is 0 Å². The van der Waals surface area contributed by atoms with E-state index in [0.717, 1.165) is 18.6 Å². The van der Waals surface area contributed by atoms with Crippen molar-refractivity contribution in [2.24, 2.45) is 5.73 Å². The number of benzene rings is 1. The average Bonchev–Trinajstić information content (AvgIpc) is 2.34. The third kappa shape index (κ3) is 5.21. The third-order valence-electron chi connectivity index (χ3n) is 3.30. The van der Waals surface area contributed by atoms with Gasteiger partial charge >= 0.3 is 0 Å². The molecule has 0 fully saturated rings. The topological polar surface area (TPSA) is 55.5 Å². The molecule has 19 heavy (non-hydrogen) atoms. The molecule has 1 atom stereocenters. The molecule has 3 nitrogen and oxygen atoms in total. The summed E-state index contributed by atoms with van der Waals surface area (Å²) in [4.78, 5) is 0. The van der Waals surface area contributed by atoms with E-state index < -0.39 is 5.54 Å². The molecule has 0 heterocycles. The van der Waals surface area contributed by atoms with Crippen molar-refractivity contribution in [1.29, 1.82) is 0 Å². The highest BCUT2D eigenvalue weighted by atomic mass is 16.5. The molecule has 1 aromatic carbocycles. The fourth-order valence-corrected chi connectivity index (χ4v) is 1.98. The van der Waals surface area contributed by atoms with Crippen molar-refractivity contribution < 1.29 is 9.84 Å². The fraction of sp³-hybridized carbons (Fsp3) is 0.625. The van der Waals surface area contributed by atoms with Crippen LogP contribution in [0.2, 0.25) is 0 Å². The SMILES string of the molecule is Cc1ccc(C(C)C)c(OCCCC(C)(N)CO)c1. The summed E-state index contributed by atoms with van der Waals surface area (Å²) < 4.78 is 5.88. The van der Waals surface area contributed by atoms with Crippen LogP contribution in [0, 0.1) is 6.92 Å². The summed E-state index contributed by atoms with van der Waals surface area (Å²) in [6, 6.07) is 6.34. The van der Waals surface area contributed by atoms with Crippen LogP contribution < -0.4 is 10.5 Å². The van der Waals surface area contributed by atoms with Crippen molar-refractivity contribution >= 4 is 0 Å². The lowest BCUT2D eigenvalue weighted by Crippen LogP contribution is -2.40. The van der Waals surface area contributed by atoms with Crippen molar-refractivity contribution in [3.63, 3.8) is 0 Å². The first-order valence-corrected chi connectivity index (χ1v) is 6.99. The van der Waals surface area contributed by atoms with Gasteiger partial charge in [-0.2, -0.15) is 0 Å². The molecule has 0 saturated heterocycles. The maximum atomic E-state index is 9.10. The second-order valence-electron chi connectivity index (χ2n) is 5.96. The van der Waals surface area contributed by atoms with E-state index in [1.54, 1.807) is 0 Å². The monoisotopic (exact) mass is 265 g/mol. The zero-order valence-electron chi connectivity index (χ0n) is 12.6. The van der Waals surface area contributed by atoms with Crippen LogP contribution in [0.4, 0.5) is 0 Å². The second-order valence-corrected chi connectivity index (χ2v) is 5.96. The minimum atomic E-state index is -0.503. The molecule has 0 aliphatic carbocycles. The van der Waals surface area contributed by atoms with Gasteiger partial charge in [0.25, 0.3) is 0 Å². The third-order valence-corrected chi connectivity index (χ3v) is 3.30. The molecule has 0 aromatic heterocycles. The molecule has 0 bridgehead atoms. The predicted octanol–water partition coefficient (Wildman–Crippen LogP) is 2.99. The number of ether oxygens (including phenoxy) is 1. The molecule has 0 aliphatic heterocycles. The van der Waals surface area contributed by atoms with E-state index in [4.69, 9.17) is 15.6 Å². The number of aryl methyl sites for hydroxylation is 1. The van der Waals surface area contributed by atoms with E-state index >= 15 is 0 Å². The molecule has 0 aliphatic rings. The average molecular weight is 265 g/mol. The maximum absolute atomic E-state index is 9.10. The summed E-state index contributed by atoms with van der Waals surface area (Å²) in [6.07, 6.45) is 1.60. The van der Waals surface area contributed by atoms with Crippen LogP contribution in [0.3, 0.4) is 0 Å². The van der Waals surface area contributed by atoms with Crippen molar-refractivity contribution in [2.75, 3.05) is 13.2 Å². The van der Waals surface area contributed by atoms with Gasteiger partial charge in [0.1, 0.15) is 5.75 Å². The van der Waals surface area contributed by atoms with Gasteiger partial charge in [0, 0.05) is 5.54 Å². The molecule has 108 valence electrons. The van der Waals surface area contributed by atoms with Gasteiger partial charge < -0.3 is 15.6 Å². The van der Waals surface area contributed by atoms with Crippen LogP contribution in [0.1, 0.15) is 50.7 Å². The Hall–Kier alpha value is -1.06. The quantitative estimate of drug-likeness (QED) is 0.745. The Labute approximate surface area is 116 Å². The fourth-order valence-electron chi connectivity index (χ4n) is 1.98. The van der Waals surface area contributed by atoms with Crippen LogP contribution >= 0.6 is 0 Å². The highest BCUT2D eigenvalue weighted by Gasteiger charge is 2.16. The lowest BCUT2D eigenvalue weighted by molar-refractivity contribution is 0.188. The van der Waals surface area contributed by atoms with E-state index in [9.17, 15) is 0 Å². The minimum absolute atomic E-state index is 0.00862. The van der Waals surface area contributed by atoms with Gasteiger partial charge in [-0.25, -0.2) is 0 Å². The standard InChI is InChI=1S/C16H27NO2/c1-12(2)14-7-6-13(3)10-15(14)19-9-5-8-16(4,17)11-18/h6-7,10,12,18H,5,8-9,11,17H2,1-4H3. The van der Waals surface area contributed by atoms with E-state index in [1.807, 2.05) is 6.92 Å². The lowest BCUT2D eigenvalue weighted by atomic mass is 9.98. The normalized spacial score (nSPS) is 14.5. The van der Waals surface area contributed by atoms with E-state index in [1.165, 1.54) is 11.1 Å². The van der Waals surface area contributed by atoms with Crippen LogP contribution in [0.5, 0.6) is 5.75 Å². The van der Waals surface area contributed by atoms with Crippen LogP contribution in [0.15, 0.2) is 18.2 Å². The summed E-state index contributed by atoms with van der Waals surface area (Å²) in [5, 5.41) is 9.10. The molecule has 3 N–H and O–H groups in total. The minimum Gasteiger partial charge on any atom is -0.493 e. The van der Waals surface area contributed by atoms with Crippen LogP contribution in [0.25, 0.3) is 0 Å². The van der Waals surface area contributed by atoms with Gasteiger partial charge in [0.15, 0.2) is 0 Å². The van der Waals surface area contributed by atoms with Gasteiger partial charge in [-0.05, 0) is 49.8 Å². The molecule has 0 saturated carbocycles. The van der Waals surface area contributed by atoms with Gasteiger partial charge in [-0.3, -0.25) is 0 Å². The van der Waals surface area contributed by atoms with Crippen molar-refractivity contribution in [2.45, 2.75) is 52.0 Å². The number of rotatable bonds is 7. The Bertz CT molecular complexity index is 400. The summed E-state index contributed by atoms with van der Waals surface area (Å²) in [5.41, 5.74) is 7.84. The Morgan fingerprint density at radius 2 is 2.05 bits per heavy atom. The molecular weight excluding hydrogens is 238 g/mol. The molecule has 0 spiro atoms. The summed E-state index contributed by atoms with van der Waals surface area (Å²) in [7, 11) is 0. The first-order chi connectivity index (χ1) is 8.85. The smallest absolute Gasteiger partial charge is 0.122 e. The van der Waals surface area contributed by atoms with Crippen LogP contribution in [-0.4, -0.2) is 23.9 Å². The zero-order valence-corrected chi connectivity index (χ0v) is 12.6. The molecular formula is C16H27NO2. The van der Waals surface area contributed by atoms with Crippen LogP contribution in [-0.2, 0) is 0 Å². The number of aliphatic hydroxyl groups is 1. The van der Waals surface area contributed by atoms with Crippen molar-refractivity contribution in [3.8, 4) is 5.75 Å². The molecule has 3 heteroatoms. The molecule has 1 aromatic rings. The molecule has 0 amide bonds. The Balaban J connectivity index is 2.55. The Morgan fingerprint density at radius 1 is 1.37 bits per heavy atom. The van der Waals surface area contributed by atoms with Gasteiger partial charge in [-0.15, -0.1) is 0 Å². The number of nitrogens with two attached hydrogens (primary N) is 1. The summed E-state index contributed by atoms with van der Waals surface area (Å²) in [5.74, 6) is 1.42. The van der Waals surface area contributed by atoms with E-state index in [2.05, 4.69) is 39.0 Å². The highest BCUT2D eigenvalue weighted by Crippen LogP contribution is 2.27. The van der Waals surface area contributed by atoms with Crippen molar-refractivity contribution in [3.05, 3.63) is 29.3 Å². The molecule has 1 rings (SSSR count). The van der Waals surface area contributed by atoms with Gasteiger partial charge in [0.05, 0.1) is 13.2 Å². The summed E-state index contributed by atoms with van der Waals surface area (Å²) in [6.45, 7) is 8.91. The Morgan fingerprint density at radius 3 is 2.63 bits per heavy atom. The first kappa shape index (κ1) is 16.0. The number of hydrogen-bond acceptors (Lipinski definition) is 3. The predicted molar refractivity (Wildman–Crippen MR) is 79.7 cm³/mol. The van der Waals surface area contributed by atoms with E-state index in [-0.39, 0.29) is 6.61 Å². The largest absolute Gasteiger partial charge is 0.493 e. The highest BCUT2D eigenvalue weighted by molar-refractivity contribution is 5.39. The van der Waals surface area contributed by atoms with Crippen molar-refractivity contribution in [1.82, 2.24) is 0 Å². The lowest BCUT2D eigenvalue weighted by Gasteiger charge is -2.21. The molecule has 0 radical (unpaired) electrons. The zero-order chi connectivity index (χ0) is 14.5. The number of hydrogen-bond donors (Lipinski definition) is 2.